The normalized spacial score (nSPS) is 12.0. The Kier molecular flexibility index (Phi) is 7.35. The van der Waals surface area contributed by atoms with Gasteiger partial charge in [0, 0.05) is 20.1 Å². The van der Waals surface area contributed by atoms with Crippen LogP contribution in [0.2, 0.25) is 0 Å². The van der Waals surface area contributed by atoms with Crippen LogP contribution in [-0.2, 0) is 16.6 Å². The van der Waals surface area contributed by atoms with Crippen LogP contribution in [0, 0.1) is 6.92 Å². The molecule has 0 aliphatic heterocycles. The predicted molar refractivity (Wildman–Crippen MR) is 87.9 cm³/mol. The first kappa shape index (κ1) is 18.1. The Hall–Kier alpha value is -0.910. The second-order valence-corrected chi connectivity index (χ2v) is 7.47. The molecule has 5 heteroatoms. The number of nitrogens with one attached hydrogen (secondary N) is 1. The van der Waals surface area contributed by atoms with E-state index in [9.17, 15) is 8.42 Å². The fourth-order valence-corrected chi connectivity index (χ4v) is 3.59. The molecule has 0 aliphatic rings. The Labute approximate surface area is 129 Å². The van der Waals surface area contributed by atoms with E-state index in [1.54, 1.807) is 13.1 Å². The van der Waals surface area contributed by atoms with E-state index in [0.717, 1.165) is 36.9 Å². The van der Waals surface area contributed by atoms with Crippen molar-refractivity contribution in [1.82, 2.24) is 9.62 Å². The molecular weight excluding hydrogens is 284 g/mol. The van der Waals surface area contributed by atoms with E-state index in [4.69, 9.17) is 0 Å². The standard InChI is InChI=1S/C16H28N2O2S/c1-5-7-11-18(4)21(19,20)16-12-15(9-8-14(16)3)13-17-10-6-2/h8-9,12,17H,5-7,10-11,13H2,1-4H3. The van der Waals surface area contributed by atoms with Gasteiger partial charge in [0.05, 0.1) is 4.90 Å². The zero-order chi connectivity index (χ0) is 15.9. The Bertz CT molecular complexity index is 541. The average Bonchev–Trinajstić information content (AvgIpc) is 2.46. The molecule has 0 bridgehead atoms. The molecule has 0 fully saturated rings. The largest absolute Gasteiger partial charge is 0.313 e. The van der Waals surface area contributed by atoms with Gasteiger partial charge in [0.25, 0.3) is 0 Å². The molecule has 0 aliphatic carbocycles. The molecule has 0 saturated heterocycles. The van der Waals surface area contributed by atoms with E-state index in [0.29, 0.717) is 18.0 Å². The van der Waals surface area contributed by atoms with Crippen LogP contribution in [0.3, 0.4) is 0 Å². The number of unbranched alkanes of at least 4 members (excludes halogenated alkanes) is 1. The minimum Gasteiger partial charge on any atom is -0.313 e. The number of hydrogen-bond acceptors (Lipinski definition) is 3. The number of benzene rings is 1. The van der Waals surface area contributed by atoms with Crippen LogP contribution in [0.5, 0.6) is 0 Å². The quantitative estimate of drug-likeness (QED) is 0.713. The van der Waals surface area contributed by atoms with Gasteiger partial charge >= 0.3 is 0 Å². The topological polar surface area (TPSA) is 49.4 Å². The van der Waals surface area contributed by atoms with Gasteiger partial charge in [-0.3, -0.25) is 0 Å². The molecule has 0 aromatic heterocycles. The van der Waals surface area contributed by atoms with Gasteiger partial charge in [-0.2, -0.15) is 0 Å². The van der Waals surface area contributed by atoms with Gasteiger partial charge in [-0.15, -0.1) is 0 Å². The monoisotopic (exact) mass is 312 g/mol. The molecule has 0 spiro atoms. The summed E-state index contributed by atoms with van der Waals surface area (Å²) in [6.07, 6.45) is 2.93. The highest BCUT2D eigenvalue weighted by molar-refractivity contribution is 7.89. The summed E-state index contributed by atoms with van der Waals surface area (Å²) in [7, 11) is -1.73. The maximum atomic E-state index is 12.6. The number of aryl methyl sites for hydroxylation is 1. The maximum absolute atomic E-state index is 12.6. The van der Waals surface area contributed by atoms with Gasteiger partial charge < -0.3 is 5.32 Å². The van der Waals surface area contributed by atoms with Crippen molar-refractivity contribution in [3.63, 3.8) is 0 Å². The molecule has 0 atom stereocenters. The molecule has 0 radical (unpaired) electrons. The summed E-state index contributed by atoms with van der Waals surface area (Å²) in [5, 5.41) is 3.30. The highest BCUT2D eigenvalue weighted by Gasteiger charge is 2.22. The highest BCUT2D eigenvalue weighted by Crippen LogP contribution is 2.21. The molecule has 1 aromatic rings. The van der Waals surface area contributed by atoms with E-state index in [-0.39, 0.29) is 0 Å². The molecule has 1 rings (SSSR count). The van der Waals surface area contributed by atoms with E-state index in [1.165, 1.54) is 4.31 Å². The summed E-state index contributed by atoms with van der Waals surface area (Å²) < 4.78 is 26.8. The summed E-state index contributed by atoms with van der Waals surface area (Å²) in [5.74, 6) is 0. The first-order chi connectivity index (χ1) is 9.93. The van der Waals surface area contributed by atoms with E-state index >= 15 is 0 Å². The summed E-state index contributed by atoms with van der Waals surface area (Å²) in [6.45, 7) is 8.23. The van der Waals surface area contributed by atoms with Crippen molar-refractivity contribution >= 4 is 10.0 Å². The number of rotatable bonds is 9. The summed E-state index contributed by atoms with van der Waals surface area (Å²) >= 11 is 0. The number of sulfonamides is 1. The lowest BCUT2D eigenvalue weighted by Gasteiger charge is -2.19. The van der Waals surface area contributed by atoms with E-state index in [1.807, 2.05) is 19.1 Å². The minimum atomic E-state index is -3.39. The van der Waals surface area contributed by atoms with Crippen LogP contribution < -0.4 is 5.32 Å². The first-order valence-corrected chi connectivity index (χ1v) is 9.14. The molecular formula is C16H28N2O2S. The number of nitrogens with zero attached hydrogens (tertiary/aromatic N) is 1. The van der Waals surface area contributed by atoms with E-state index in [2.05, 4.69) is 19.2 Å². The third-order valence-electron chi connectivity index (χ3n) is 3.52. The predicted octanol–water partition coefficient (Wildman–Crippen LogP) is 2.92. The van der Waals surface area contributed by atoms with Crippen LogP contribution in [-0.4, -0.2) is 32.9 Å². The zero-order valence-corrected chi connectivity index (χ0v) is 14.5. The Balaban J connectivity index is 2.96. The smallest absolute Gasteiger partial charge is 0.243 e. The van der Waals surface area contributed by atoms with Crippen molar-refractivity contribution in [3.05, 3.63) is 29.3 Å². The van der Waals surface area contributed by atoms with Gasteiger partial charge in [-0.1, -0.05) is 32.4 Å². The molecule has 120 valence electrons. The molecule has 0 amide bonds. The van der Waals surface area contributed by atoms with Gasteiger partial charge in [0.1, 0.15) is 0 Å². The SMILES string of the molecule is CCCCN(C)S(=O)(=O)c1cc(CNCCC)ccc1C. The Morgan fingerprint density at radius 1 is 1.19 bits per heavy atom. The average molecular weight is 312 g/mol. The first-order valence-electron chi connectivity index (χ1n) is 7.70. The van der Waals surface area contributed by atoms with Crippen molar-refractivity contribution in [3.8, 4) is 0 Å². The summed E-state index contributed by atoms with van der Waals surface area (Å²) in [4.78, 5) is 0.428. The second kappa shape index (κ2) is 8.51. The van der Waals surface area contributed by atoms with Crippen LogP contribution in [0.25, 0.3) is 0 Å². The summed E-state index contributed by atoms with van der Waals surface area (Å²) in [5.41, 5.74) is 1.81. The number of hydrogen-bond donors (Lipinski definition) is 1. The third kappa shape index (κ3) is 5.09. The fraction of sp³-hybridized carbons (Fsp3) is 0.625. The third-order valence-corrected chi connectivity index (χ3v) is 5.52. The van der Waals surface area contributed by atoms with Crippen molar-refractivity contribution in [2.24, 2.45) is 0 Å². The zero-order valence-electron chi connectivity index (χ0n) is 13.6. The van der Waals surface area contributed by atoms with Crippen LogP contribution in [0.15, 0.2) is 23.1 Å². The molecule has 4 nitrogen and oxygen atoms in total. The molecule has 0 saturated carbocycles. The molecule has 0 heterocycles. The Morgan fingerprint density at radius 3 is 2.52 bits per heavy atom. The minimum absolute atomic E-state index is 0.428. The second-order valence-electron chi connectivity index (χ2n) is 5.46. The maximum Gasteiger partial charge on any atom is 0.243 e. The summed E-state index contributed by atoms with van der Waals surface area (Å²) in [6, 6.07) is 5.68. The van der Waals surface area contributed by atoms with Crippen molar-refractivity contribution in [1.29, 1.82) is 0 Å². The molecule has 1 N–H and O–H groups in total. The highest BCUT2D eigenvalue weighted by atomic mass is 32.2. The van der Waals surface area contributed by atoms with Gasteiger partial charge in [0.2, 0.25) is 10.0 Å². The van der Waals surface area contributed by atoms with Crippen LogP contribution >= 0.6 is 0 Å². The lowest BCUT2D eigenvalue weighted by Crippen LogP contribution is -2.28. The van der Waals surface area contributed by atoms with Crippen molar-refractivity contribution < 1.29 is 8.42 Å². The van der Waals surface area contributed by atoms with Crippen molar-refractivity contribution in [2.45, 2.75) is 51.5 Å². The van der Waals surface area contributed by atoms with Crippen LogP contribution in [0.4, 0.5) is 0 Å². The molecule has 1 aromatic carbocycles. The van der Waals surface area contributed by atoms with Crippen molar-refractivity contribution in [2.75, 3.05) is 20.1 Å². The molecule has 0 unspecified atom stereocenters. The lowest BCUT2D eigenvalue weighted by molar-refractivity contribution is 0.459. The van der Waals surface area contributed by atoms with Gasteiger partial charge in [-0.25, -0.2) is 12.7 Å². The van der Waals surface area contributed by atoms with Crippen LogP contribution in [0.1, 0.15) is 44.2 Å². The van der Waals surface area contributed by atoms with Gasteiger partial charge in [-0.05, 0) is 43.5 Å². The molecule has 21 heavy (non-hydrogen) atoms. The van der Waals surface area contributed by atoms with Gasteiger partial charge in [0.15, 0.2) is 0 Å². The Morgan fingerprint density at radius 2 is 1.90 bits per heavy atom. The fourth-order valence-electron chi connectivity index (χ4n) is 2.11. The lowest BCUT2D eigenvalue weighted by atomic mass is 10.1. The van der Waals surface area contributed by atoms with E-state index < -0.39 is 10.0 Å².